The number of esters is 3. The highest BCUT2D eigenvalue weighted by atomic mass is 16.6. The Morgan fingerprint density at radius 2 is 0.947 bits per heavy atom. The first-order chi connectivity index (χ1) is 8.94. The van der Waals surface area contributed by atoms with E-state index < -0.39 is 23.7 Å². The van der Waals surface area contributed by atoms with Crippen LogP contribution in [0.4, 0.5) is 0 Å². The van der Waals surface area contributed by atoms with Gasteiger partial charge in [0, 0.05) is 6.42 Å². The number of rotatable bonds is 5. The number of ether oxygens (including phenoxy) is 3. The van der Waals surface area contributed by atoms with Crippen molar-refractivity contribution in [3.63, 3.8) is 0 Å². The average molecular weight is 276 g/mol. The number of hydrogen-bond acceptors (Lipinski definition) is 7. The lowest BCUT2D eigenvalue weighted by molar-refractivity contribution is -0.167. The summed E-state index contributed by atoms with van der Waals surface area (Å²) in [4.78, 5) is 41.7. The largest absolute Gasteiger partial charge is 0.460 e. The summed E-state index contributed by atoms with van der Waals surface area (Å²) in [5.41, 5.74) is 0. The molecule has 0 aromatic heterocycles. The molecule has 0 aromatic rings. The maximum absolute atomic E-state index is 10.4. The van der Waals surface area contributed by atoms with Crippen LogP contribution in [0.2, 0.25) is 0 Å². The van der Waals surface area contributed by atoms with Crippen molar-refractivity contribution in [2.75, 3.05) is 19.8 Å². The van der Waals surface area contributed by atoms with E-state index in [4.69, 9.17) is 0 Å². The molecule has 0 fully saturated rings. The summed E-state index contributed by atoms with van der Waals surface area (Å²) in [6, 6.07) is 0. The van der Waals surface area contributed by atoms with Crippen LogP contribution in [0.5, 0.6) is 0 Å². The van der Waals surface area contributed by atoms with E-state index >= 15 is 0 Å². The molecule has 0 bridgehead atoms. The van der Waals surface area contributed by atoms with E-state index in [2.05, 4.69) is 14.2 Å². The van der Waals surface area contributed by atoms with Crippen molar-refractivity contribution in [1.82, 2.24) is 0 Å². The molecule has 0 saturated carbocycles. The fourth-order valence-electron chi connectivity index (χ4n) is 0.736. The quantitative estimate of drug-likeness (QED) is 0.413. The van der Waals surface area contributed by atoms with E-state index in [0.29, 0.717) is 0 Å². The van der Waals surface area contributed by atoms with Gasteiger partial charge in [-0.3, -0.25) is 4.79 Å². The van der Waals surface area contributed by atoms with E-state index in [1.165, 1.54) is 0 Å². The maximum Gasteiger partial charge on any atom is 0.417 e. The van der Waals surface area contributed by atoms with Crippen molar-refractivity contribution in [1.29, 1.82) is 0 Å². The van der Waals surface area contributed by atoms with Gasteiger partial charge in [-0.15, -0.1) is 0 Å². The van der Waals surface area contributed by atoms with Gasteiger partial charge < -0.3 is 14.2 Å². The summed E-state index contributed by atoms with van der Waals surface area (Å²) in [6.07, 6.45) is 0.221. The second-order valence-corrected chi connectivity index (χ2v) is 2.94. The van der Waals surface area contributed by atoms with Crippen LogP contribution in [0.3, 0.4) is 0 Å². The van der Waals surface area contributed by atoms with Crippen LogP contribution in [0, 0.1) is 0 Å². The standard InChI is InChI=1S/C6H10O4.C6H10O3/c1-3-9-5(7)6(8)10-4-2;1-3-5(7)6(8)9-4-2/h3-4H2,1-2H3;3-4H2,1-2H3. The summed E-state index contributed by atoms with van der Waals surface area (Å²) in [7, 11) is 0. The predicted molar refractivity (Wildman–Crippen MR) is 65.2 cm³/mol. The van der Waals surface area contributed by atoms with Crippen LogP contribution in [-0.4, -0.2) is 43.5 Å². The van der Waals surface area contributed by atoms with Gasteiger partial charge in [-0.1, -0.05) is 6.92 Å². The zero-order valence-corrected chi connectivity index (χ0v) is 11.7. The maximum atomic E-state index is 10.4. The fourth-order valence-corrected chi connectivity index (χ4v) is 0.736. The molecule has 0 radical (unpaired) electrons. The summed E-state index contributed by atoms with van der Waals surface area (Å²) < 4.78 is 13.1. The first-order valence-electron chi connectivity index (χ1n) is 5.98. The zero-order valence-electron chi connectivity index (χ0n) is 11.7. The second kappa shape index (κ2) is 12.5. The Balaban J connectivity index is 0. The molecule has 0 atom stereocenters. The minimum atomic E-state index is -0.927. The Hall–Kier alpha value is -1.92. The molecule has 0 aliphatic rings. The number of carbonyl (C=O) groups is 4. The van der Waals surface area contributed by atoms with E-state index in [1.807, 2.05) is 0 Å². The topological polar surface area (TPSA) is 96.0 Å². The van der Waals surface area contributed by atoms with E-state index in [9.17, 15) is 19.2 Å². The molecule has 0 heterocycles. The highest BCUT2D eigenvalue weighted by Gasteiger charge is 2.14. The zero-order chi connectivity index (χ0) is 15.3. The van der Waals surface area contributed by atoms with Gasteiger partial charge in [0.15, 0.2) is 0 Å². The van der Waals surface area contributed by atoms with Crippen molar-refractivity contribution in [2.45, 2.75) is 34.1 Å². The van der Waals surface area contributed by atoms with Crippen LogP contribution in [0.15, 0.2) is 0 Å². The predicted octanol–water partition coefficient (Wildman–Crippen LogP) is 0.641. The molecule has 0 aromatic carbocycles. The van der Waals surface area contributed by atoms with Gasteiger partial charge in [0.2, 0.25) is 5.78 Å². The van der Waals surface area contributed by atoms with Crippen LogP contribution < -0.4 is 0 Å². The first-order valence-corrected chi connectivity index (χ1v) is 5.98. The normalized spacial score (nSPS) is 8.63. The van der Waals surface area contributed by atoms with Gasteiger partial charge >= 0.3 is 17.9 Å². The molecule has 0 aliphatic heterocycles. The van der Waals surface area contributed by atoms with Gasteiger partial charge in [-0.05, 0) is 20.8 Å². The van der Waals surface area contributed by atoms with E-state index in [-0.39, 0.29) is 26.2 Å². The van der Waals surface area contributed by atoms with Crippen molar-refractivity contribution < 1.29 is 33.4 Å². The molecule has 0 aliphatic carbocycles. The Labute approximate surface area is 112 Å². The van der Waals surface area contributed by atoms with Crippen molar-refractivity contribution in [2.24, 2.45) is 0 Å². The Morgan fingerprint density at radius 3 is 1.21 bits per heavy atom. The SMILES string of the molecule is CCOC(=O)C(=O)CC.CCOC(=O)C(=O)OCC. The van der Waals surface area contributed by atoms with Gasteiger partial charge in [0.25, 0.3) is 0 Å². The molecule has 0 N–H and O–H groups in total. The third-order valence-corrected chi connectivity index (χ3v) is 1.54. The molecule has 19 heavy (non-hydrogen) atoms. The van der Waals surface area contributed by atoms with Crippen molar-refractivity contribution in [3.05, 3.63) is 0 Å². The molecule has 7 nitrogen and oxygen atoms in total. The third kappa shape index (κ3) is 10.9. The molecule has 0 amide bonds. The molecule has 7 heteroatoms. The van der Waals surface area contributed by atoms with Crippen LogP contribution in [0.1, 0.15) is 34.1 Å². The second-order valence-electron chi connectivity index (χ2n) is 2.94. The Bertz CT molecular complexity index is 293. The van der Waals surface area contributed by atoms with Crippen LogP contribution >= 0.6 is 0 Å². The number of carbonyl (C=O) groups excluding carboxylic acids is 4. The molecule has 0 spiro atoms. The summed E-state index contributed by atoms with van der Waals surface area (Å²) in [5.74, 6) is -3.04. The monoisotopic (exact) mass is 276 g/mol. The summed E-state index contributed by atoms with van der Waals surface area (Å²) >= 11 is 0. The first kappa shape index (κ1) is 19.4. The number of hydrogen-bond donors (Lipinski definition) is 0. The number of ketones is 1. The summed E-state index contributed by atoms with van der Waals surface area (Å²) in [6.45, 7) is 7.19. The molecule has 0 rings (SSSR count). The van der Waals surface area contributed by atoms with E-state index in [0.717, 1.165) is 0 Å². The lowest BCUT2D eigenvalue weighted by Gasteiger charge is -1.99. The van der Waals surface area contributed by atoms with Crippen LogP contribution in [-0.2, 0) is 33.4 Å². The fraction of sp³-hybridized carbons (Fsp3) is 0.667. The van der Waals surface area contributed by atoms with Gasteiger partial charge in [0.05, 0.1) is 19.8 Å². The number of Topliss-reactive ketones (excluding diaryl/α,β-unsaturated/α-hetero) is 1. The smallest absolute Gasteiger partial charge is 0.417 e. The van der Waals surface area contributed by atoms with Gasteiger partial charge in [-0.2, -0.15) is 0 Å². The molecule has 0 saturated heterocycles. The van der Waals surface area contributed by atoms with E-state index in [1.54, 1.807) is 27.7 Å². The molecular weight excluding hydrogens is 256 g/mol. The minimum absolute atomic E-state index is 0.192. The summed E-state index contributed by atoms with van der Waals surface area (Å²) in [5, 5.41) is 0. The highest BCUT2D eigenvalue weighted by molar-refractivity contribution is 6.33. The van der Waals surface area contributed by atoms with Crippen molar-refractivity contribution >= 4 is 23.7 Å². The van der Waals surface area contributed by atoms with Crippen LogP contribution in [0.25, 0.3) is 0 Å². The highest BCUT2D eigenvalue weighted by Crippen LogP contribution is 1.85. The Kier molecular flexibility index (Phi) is 12.8. The minimum Gasteiger partial charge on any atom is -0.460 e. The lowest BCUT2D eigenvalue weighted by atomic mass is 10.3. The van der Waals surface area contributed by atoms with Crippen molar-refractivity contribution in [3.8, 4) is 0 Å². The third-order valence-electron chi connectivity index (χ3n) is 1.54. The Morgan fingerprint density at radius 1 is 0.632 bits per heavy atom. The lowest BCUT2D eigenvalue weighted by Crippen LogP contribution is -2.19. The molecule has 0 unspecified atom stereocenters. The molecule has 110 valence electrons. The van der Waals surface area contributed by atoms with Gasteiger partial charge in [-0.25, -0.2) is 14.4 Å². The average Bonchev–Trinajstić information content (AvgIpc) is 2.39. The molecular formula is C12H20O7. The van der Waals surface area contributed by atoms with Gasteiger partial charge in [0.1, 0.15) is 0 Å².